The van der Waals surface area contributed by atoms with Gasteiger partial charge in [0, 0.05) is 25.0 Å². The Hall–Kier alpha value is -2.20. The maximum Gasteiger partial charge on any atom is 0.224 e. The van der Waals surface area contributed by atoms with Gasteiger partial charge in [-0.25, -0.2) is 0 Å². The van der Waals surface area contributed by atoms with Gasteiger partial charge in [-0.05, 0) is 18.9 Å². The zero-order valence-corrected chi connectivity index (χ0v) is 14.4. The Kier molecular flexibility index (Phi) is 5.26. The molecule has 1 amide bonds. The predicted octanol–water partition coefficient (Wildman–Crippen LogP) is 4.38. The van der Waals surface area contributed by atoms with Gasteiger partial charge in [0.1, 0.15) is 0 Å². The Labute approximate surface area is 146 Å². The molecule has 5 heteroatoms. The third-order valence-electron chi connectivity index (χ3n) is 3.87. The number of carbonyl (C=O) groups is 1. The molecule has 0 saturated carbocycles. The van der Waals surface area contributed by atoms with E-state index in [0.717, 1.165) is 12.0 Å². The Morgan fingerprint density at radius 3 is 2.50 bits per heavy atom. The monoisotopic (exact) mass is 345 g/mol. The summed E-state index contributed by atoms with van der Waals surface area (Å²) in [5.41, 5.74) is 2.90. The Bertz CT molecular complexity index is 728. The molecule has 0 bridgehead atoms. The van der Waals surface area contributed by atoms with Gasteiger partial charge in [0.05, 0.1) is 23.9 Å². The molecule has 0 atom stereocenters. The molecule has 0 fully saturated rings. The SMILES string of the molecule is Cc1ccc(CCC(=O)Nc2cc3c(cc2Cl)OCCCO3)cc1. The van der Waals surface area contributed by atoms with Crippen molar-refractivity contribution in [2.24, 2.45) is 0 Å². The first-order valence-electron chi connectivity index (χ1n) is 8.06. The highest BCUT2D eigenvalue weighted by Crippen LogP contribution is 2.37. The minimum Gasteiger partial charge on any atom is -0.490 e. The summed E-state index contributed by atoms with van der Waals surface area (Å²) in [7, 11) is 0. The van der Waals surface area contributed by atoms with Gasteiger partial charge in [-0.15, -0.1) is 0 Å². The van der Waals surface area contributed by atoms with E-state index in [1.807, 2.05) is 31.2 Å². The lowest BCUT2D eigenvalue weighted by Crippen LogP contribution is -2.13. The van der Waals surface area contributed by atoms with E-state index in [2.05, 4.69) is 5.32 Å². The molecule has 1 heterocycles. The van der Waals surface area contributed by atoms with Crippen LogP contribution in [-0.4, -0.2) is 19.1 Å². The van der Waals surface area contributed by atoms with Gasteiger partial charge in [0.2, 0.25) is 5.91 Å². The van der Waals surface area contributed by atoms with Crippen LogP contribution in [0.25, 0.3) is 0 Å². The summed E-state index contributed by atoms with van der Waals surface area (Å²) in [5.74, 6) is 1.16. The fraction of sp³-hybridized carbons (Fsp3) is 0.316. The molecule has 2 aromatic carbocycles. The fourth-order valence-electron chi connectivity index (χ4n) is 2.51. The largest absolute Gasteiger partial charge is 0.490 e. The zero-order chi connectivity index (χ0) is 16.9. The van der Waals surface area contributed by atoms with Crippen LogP contribution in [0.15, 0.2) is 36.4 Å². The van der Waals surface area contributed by atoms with Gasteiger partial charge in [-0.2, -0.15) is 0 Å². The molecule has 0 saturated heterocycles. The Morgan fingerprint density at radius 2 is 1.79 bits per heavy atom. The summed E-state index contributed by atoms with van der Waals surface area (Å²) >= 11 is 6.24. The molecule has 0 radical (unpaired) electrons. The van der Waals surface area contributed by atoms with Gasteiger partial charge in [0.15, 0.2) is 11.5 Å². The Balaban J connectivity index is 1.63. The molecule has 0 aromatic heterocycles. The maximum atomic E-state index is 12.2. The average Bonchev–Trinajstić information content (AvgIpc) is 2.79. The predicted molar refractivity (Wildman–Crippen MR) is 95.2 cm³/mol. The molecule has 0 spiro atoms. The van der Waals surface area contributed by atoms with E-state index in [4.69, 9.17) is 21.1 Å². The van der Waals surface area contributed by atoms with E-state index < -0.39 is 0 Å². The van der Waals surface area contributed by atoms with Crippen LogP contribution in [0.1, 0.15) is 24.0 Å². The van der Waals surface area contributed by atoms with Crippen LogP contribution in [-0.2, 0) is 11.2 Å². The van der Waals surface area contributed by atoms with Gasteiger partial charge in [0.25, 0.3) is 0 Å². The molecule has 0 aliphatic carbocycles. The summed E-state index contributed by atoms with van der Waals surface area (Å²) in [6.07, 6.45) is 1.91. The van der Waals surface area contributed by atoms with E-state index in [0.29, 0.717) is 48.3 Å². The highest BCUT2D eigenvalue weighted by atomic mass is 35.5. The highest BCUT2D eigenvalue weighted by molar-refractivity contribution is 6.34. The van der Waals surface area contributed by atoms with Crippen LogP contribution in [0.3, 0.4) is 0 Å². The molecule has 126 valence electrons. The first-order valence-corrected chi connectivity index (χ1v) is 8.44. The van der Waals surface area contributed by atoms with Crippen LogP contribution >= 0.6 is 11.6 Å². The number of anilines is 1. The minimum atomic E-state index is -0.0769. The van der Waals surface area contributed by atoms with E-state index in [9.17, 15) is 4.79 Å². The standard InChI is InChI=1S/C19H20ClNO3/c1-13-3-5-14(6-4-13)7-8-19(22)21-16-12-18-17(11-15(16)20)23-9-2-10-24-18/h3-6,11-12H,2,7-10H2,1H3,(H,21,22). The average molecular weight is 346 g/mol. The number of halogens is 1. The van der Waals surface area contributed by atoms with E-state index >= 15 is 0 Å². The molecular weight excluding hydrogens is 326 g/mol. The smallest absolute Gasteiger partial charge is 0.224 e. The number of hydrogen-bond donors (Lipinski definition) is 1. The van der Waals surface area contributed by atoms with Crippen LogP contribution in [0.2, 0.25) is 5.02 Å². The lowest BCUT2D eigenvalue weighted by Gasteiger charge is -2.12. The topological polar surface area (TPSA) is 47.6 Å². The van der Waals surface area contributed by atoms with Crippen LogP contribution in [0, 0.1) is 6.92 Å². The molecule has 3 rings (SSSR count). The molecule has 2 aromatic rings. The number of carbonyl (C=O) groups excluding carboxylic acids is 1. The summed E-state index contributed by atoms with van der Waals surface area (Å²) < 4.78 is 11.2. The molecule has 4 nitrogen and oxygen atoms in total. The third kappa shape index (κ3) is 4.20. The molecule has 1 aliphatic heterocycles. The van der Waals surface area contributed by atoms with Gasteiger partial charge >= 0.3 is 0 Å². The van der Waals surface area contributed by atoms with Crippen molar-refractivity contribution in [3.05, 3.63) is 52.5 Å². The van der Waals surface area contributed by atoms with Gasteiger partial charge < -0.3 is 14.8 Å². The summed E-state index contributed by atoms with van der Waals surface area (Å²) in [6, 6.07) is 11.6. The van der Waals surface area contributed by atoms with E-state index in [-0.39, 0.29) is 5.91 Å². The number of rotatable bonds is 4. The van der Waals surface area contributed by atoms with Crippen LogP contribution < -0.4 is 14.8 Å². The van der Waals surface area contributed by atoms with Crippen molar-refractivity contribution < 1.29 is 14.3 Å². The van der Waals surface area contributed by atoms with Crippen molar-refractivity contribution in [3.8, 4) is 11.5 Å². The molecule has 0 unspecified atom stereocenters. The summed E-state index contributed by atoms with van der Waals surface area (Å²) in [5, 5.41) is 3.30. The number of amides is 1. The summed E-state index contributed by atoms with van der Waals surface area (Å²) in [6.45, 7) is 3.24. The van der Waals surface area contributed by atoms with E-state index in [1.165, 1.54) is 5.56 Å². The minimum absolute atomic E-state index is 0.0769. The van der Waals surface area contributed by atoms with Gasteiger partial charge in [-0.1, -0.05) is 41.4 Å². The maximum absolute atomic E-state index is 12.2. The number of aryl methyl sites for hydroxylation is 2. The first-order chi connectivity index (χ1) is 11.6. The van der Waals surface area contributed by atoms with Crippen LogP contribution in [0.4, 0.5) is 5.69 Å². The number of ether oxygens (including phenoxy) is 2. The van der Waals surface area contributed by atoms with Crippen molar-refractivity contribution in [3.63, 3.8) is 0 Å². The fourth-order valence-corrected chi connectivity index (χ4v) is 2.71. The van der Waals surface area contributed by atoms with Crippen molar-refractivity contribution in [1.29, 1.82) is 0 Å². The second-order valence-electron chi connectivity index (χ2n) is 5.86. The molecule has 24 heavy (non-hydrogen) atoms. The number of hydrogen-bond acceptors (Lipinski definition) is 3. The number of fused-ring (bicyclic) bond motifs is 1. The molecular formula is C19H20ClNO3. The second-order valence-corrected chi connectivity index (χ2v) is 6.27. The summed E-state index contributed by atoms with van der Waals surface area (Å²) in [4.78, 5) is 12.2. The lowest BCUT2D eigenvalue weighted by atomic mass is 10.1. The highest BCUT2D eigenvalue weighted by Gasteiger charge is 2.15. The van der Waals surface area contributed by atoms with Crippen molar-refractivity contribution >= 4 is 23.2 Å². The van der Waals surface area contributed by atoms with Crippen LogP contribution in [0.5, 0.6) is 11.5 Å². The molecule has 1 N–H and O–H groups in total. The van der Waals surface area contributed by atoms with E-state index in [1.54, 1.807) is 12.1 Å². The third-order valence-corrected chi connectivity index (χ3v) is 4.19. The van der Waals surface area contributed by atoms with Crippen molar-refractivity contribution in [2.45, 2.75) is 26.2 Å². The van der Waals surface area contributed by atoms with Crippen molar-refractivity contribution in [2.75, 3.05) is 18.5 Å². The number of nitrogens with one attached hydrogen (secondary N) is 1. The van der Waals surface area contributed by atoms with Gasteiger partial charge in [-0.3, -0.25) is 4.79 Å². The first kappa shape index (κ1) is 16.7. The number of benzene rings is 2. The van der Waals surface area contributed by atoms with Crippen molar-refractivity contribution in [1.82, 2.24) is 0 Å². The quantitative estimate of drug-likeness (QED) is 0.894. The lowest BCUT2D eigenvalue weighted by molar-refractivity contribution is -0.116. The Morgan fingerprint density at radius 1 is 1.12 bits per heavy atom. The molecule has 1 aliphatic rings. The second kappa shape index (κ2) is 7.58. The normalized spacial score (nSPS) is 13.2. The zero-order valence-electron chi connectivity index (χ0n) is 13.6.